The van der Waals surface area contributed by atoms with Crippen molar-refractivity contribution in [3.8, 4) is 0 Å². The topological polar surface area (TPSA) is 65.5 Å². The molecule has 0 radical (unpaired) electrons. The van der Waals surface area contributed by atoms with E-state index in [2.05, 4.69) is 20.9 Å². The lowest BCUT2D eigenvalue weighted by atomic mass is 10.2. The van der Waals surface area contributed by atoms with E-state index in [1.165, 1.54) is 0 Å². The van der Waals surface area contributed by atoms with E-state index in [1.54, 1.807) is 20.2 Å². The highest BCUT2D eigenvalue weighted by Crippen LogP contribution is 2.03. The summed E-state index contributed by atoms with van der Waals surface area (Å²) in [6.45, 7) is 6.30. The molecule has 0 aromatic heterocycles. The molecule has 0 aliphatic heterocycles. The van der Waals surface area contributed by atoms with Crippen molar-refractivity contribution in [2.45, 2.75) is 20.3 Å². The van der Waals surface area contributed by atoms with Gasteiger partial charge in [0, 0.05) is 31.1 Å². The summed E-state index contributed by atoms with van der Waals surface area (Å²) >= 11 is 0. The van der Waals surface area contributed by atoms with Crippen molar-refractivity contribution in [2.24, 2.45) is 4.99 Å². The number of hydrogen-bond acceptors (Lipinski definition) is 4. The Hall–Kier alpha value is -1.20. The highest BCUT2D eigenvalue weighted by atomic mass is 16.1. The second-order valence-electron chi connectivity index (χ2n) is 3.76. The monoisotopic (exact) mass is 240 g/mol. The maximum absolute atomic E-state index is 11.3. The Labute approximate surface area is 104 Å². The summed E-state index contributed by atoms with van der Waals surface area (Å²) in [7, 11) is 3.56. The molecule has 0 spiro atoms. The summed E-state index contributed by atoms with van der Waals surface area (Å²) < 4.78 is 0. The number of hydrogen-bond donors (Lipinski definition) is 3. The maximum Gasteiger partial charge on any atom is 0.248 e. The molecule has 0 aromatic carbocycles. The number of carbonyl (C=O) groups excluding carboxylic acids is 1. The fraction of sp³-hybridized carbons (Fsp3) is 0.667. The molecule has 0 saturated heterocycles. The van der Waals surface area contributed by atoms with E-state index in [1.807, 2.05) is 14.0 Å². The van der Waals surface area contributed by atoms with Gasteiger partial charge < -0.3 is 16.0 Å². The van der Waals surface area contributed by atoms with E-state index >= 15 is 0 Å². The third kappa shape index (κ3) is 7.65. The zero-order valence-electron chi connectivity index (χ0n) is 11.3. The first-order valence-electron chi connectivity index (χ1n) is 5.90. The van der Waals surface area contributed by atoms with Crippen LogP contribution < -0.4 is 16.0 Å². The predicted octanol–water partition coefficient (Wildman–Crippen LogP) is 0.296. The van der Waals surface area contributed by atoms with Gasteiger partial charge >= 0.3 is 0 Å². The van der Waals surface area contributed by atoms with E-state index in [-0.39, 0.29) is 5.91 Å². The van der Waals surface area contributed by atoms with Crippen molar-refractivity contribution < 1.29 is 4.79 Å². The first kappa shape index (κ1) is 15.8. The number of nitrogens with one attached hydrogen (secondary N) is 3. The van der Waals surface area contributed by atoms with Gasteiger partial charge in [0.25, 0.3) is 0 Å². The third-order valence-electron chi connectivity index (χ3n) is 2.41. The number of allylic oxidation sites excluding steroid dienone is 1. The second-order valence-corrected chi connectivity index (χ2v) is 3.76. The van der Waals surface area contributed by atoms with Gasteiger partial charge in [-0.05, 0) is 40.4 Å². The molecule has 17 heavy (non-hydrogen) atoms. The van der Waals surface area contributed by atoms with E-state index in [0.29, 0.717) is 5.57 Å². The van der Waals surface area contributed by atoms with Gasteiger partial charge in [0.2, 0.25) is 5.91 Å². The average Bonchev–Trinajstić information content (AvgIpc) is 2.35. The molecule has 0 bridgehead atoms. The molecule has 0 aliphatic carbocycles. The van der Waals surface area contributed by atoms with Crippen LogP contribution in [0.5, 0.6) is 0 Å². The zero-order chi connectivity index (χ0) is 13.1. The standard InChI is InChI=1S/C12H24N4O/c1-10(12(17)14-4)11(2)16-9-8-15-7-5-6-13-3/h9,13,15H,5-8H2,1-4H3,(H,14,17)/b11-10+,16-9-. The Morgan fingerprint density at radius 1 is 1.24 bits per heavy atom. The molecule has 0 aliphatic rings. The van der Waals surface area contributed by atoms with Crippen LogP contribution >= 0.6 is 0 Å². The Morgan fingerprint density at radius 2 is 1.94 bits per heavy atom. The van der Waals surface area contributed by atoms with Gasteiger partial charge in [0.15, 0.2) is 0 Å². The molecule has 0 atom stereocenters. The lowest BCUT2D eigenvalue weighted by Crippen LogP contribution is -2.21. The lowest BCUT2D eigenvalue weighted by molar-refractivity contribution is -0.117. The van der Waals surface area contributed by atoms with Crippen LogP contribution in [-0.2, 0) is 4.79 Å². The quantitative estimate of drug-likeness (QED) is 0.325. The van der Waals surface area contributed by atoms with E-state index in [4.69, 9.17) is 0 Å². The normalized spacial score (nSPS) is 12.7. The number of likely N-dealkylation sites (N-methyl/N-ethyl adjacent to an activating group) is 1. The molecule has 0 rings (SSSR count). The first-order chi connectivity index (χ1) is 8.13. The fourth-order valence-corrected chi connectivity index (χ4v) is 1.19. The summed E-state index contributed by atoms with van der Waals surface area (Å²) in [5.74, 6) is -0.0818. The van der Waals surface area contributed by atoms with Gasteiger partial charge in [-0.3, -0.25) is 9.79 Å². The predicted molar refractivity (Wildman–Crippen MR) is 72.3 cm³/mol. The summed E-state index contributed by atoms with van der Waals surface area (Å²) in [6, 6.07) is 0. The number of carbonyl (C=O) groups is 1. The zero-order valence-corrected chi connectivity index (χ0v) is 11.3. The van der Waals surface area contributed by atoms with Crippen molar-refractivity contribution in [1.29, 1.82) is 0 Å². The smallest absolute Gasteiger partial charge is 0.248 e. The molecule has 98 valence electrons. The van der Waals surface area contributed by atoms with Crippen molar-refractivity contribution in [3.63, 3.8) is 0 Å². The molecule has 5 nitrogen and oxygen atoms in total. The highest BCUT2D eigenvalue weighted by Gasteiger charge is 2.03. The Balaban J connectivity index is 3.88. The van der Waals surface area contributed by atoms with Gasteiger partial charge in [-0.1, -0.05) is 0 Å². The molecular weight excluding hydrogens is 216 g/mol. The third-order valence-corrected chi connectivity index (χ3v) is 2.41. The fourth-order valence-electron chi connectivity index (χ4n) is 1.19. The molecule has 0 aromatic rings. The minimum absolute atomic E-state index is 0.0818. The summed E-state index contributed by atoms with van der Waals surface area (Å²) in [4.78, 5) is 15.5. The van der Waals surface area contributed by atoms with E-state index in [0.717, 1.165) is 31.8 Å². The molecular formula is C12H24N4O. The van der Waals surface area contributed by atoms with Crippen LogP contribution in [0.15, 0.2) is 16.3 Å². The van der Waals surface area contributed by atoms with Crippen molar-refractivity contribution in [1.82, 2.24) is 16.0 Å². The number of amides is 1. The van der Waals surface area contributed by atoms with Crippen molar-refractivity contribution in [3.05, 3.63) is 11.3 Å². The van der Waals surface area contributed by atoms with Crippen LogP contribution in [0.4, 0.5) is 0 Å². The Kier molecular flexibility index (Phi) is 9.28. The minimum atomic E-state index is -0.0818. The summed E-state index contributed by atoms with van der Waals surface area (Å²) in [5.41, 5.74) is 1.40. The Bertz CT molecular complexity index is 284. The van der Waals surface area contributed by atoms with Crippen molar-refractivity contribution in [2.75, 3.05) is 33.7 Å². The molecule has 0 heterocycles. The average molecular weight is 240 g/mol. The highest BCUT2D eigenvalue weighted by molar-refractivity contribution is 5.93. The molecule has 0 saturated carbocycles. The van der Waals surface area contributed by atoms with Crippen LogP contribution in [0.25, 0.3) is 0 Å². The van der Waals surface area contributed by atoms with Gasteiger partial charge in [-0.15, -0.1) is 0 Å². The summed E-state index contributed by atoms with van der Waals surface area (Å²) in [5, 5.41) is 8.91. The maximum atomic E-state index is 11.3. The molecule has 1 amide bonds. The van der Waals surface area contributed by atoms with Crippen molar-refractivity contribution >= 4 is 12.1 Å². The Morgan fingerprint density at radius 3 is 2.53 bits per heavy atom. The molecule has 3 N–H and O–H groups in total. The molecule has 5 heteroatoms. The van der Waals surface area contributed by atoms with Crippen LogP contribution in [0.3, 0.4) is 0 Å². The largest absolute Gasteiger partial charge is 0.355 e. The van der Waals surface area contributed by atoms with Crippen LogP contribution in [0, 0.1) is 0 Å². The van der Waals surface area contributed by atoms with Crippen LogP contribution in [0.1, 0.15) is 20.3 Å². The molecule has 0 fully saturated rings. The lowest BCUT2D eigenvalue weighted by Gasteiger charge is -2.02. The van der Waals surface area contributed by atoms with Crippen LogP contribution in [-0.4, -0.2) is 45.9 Å². The van der Waals surface area contributed by atoms with E-state index in [9.17, 15) is 4.79 Å². The minimum Gasteiger partial charge on any atom is -0.355 e. The number of rotatable bonds is 8. The summed E-state index contributed by atoms with van der Waals surface area (Å²) in [6.07, 6.45) is 2.89. The SMILES string of the molecule is CNCCCNC/C=N\C(C)=C(/C)C(=O)NC. The first-order valence-corrected chi connectivity index (χ1v) is 5.90. The molecule has 0 unspecified atom stereocenters. The van der Waals surface area contributed by atoms with Gasteiger partial charge in [0.1, 0.15) is 0 Å². The number of aliphatic imine (C=N–C) groups is 1. The number of nitrogens with zero attached hydrogens (tertiary/aromatic N) is 1. The van der Waals surface area contributed by atoms with Crippen LogP contribution in [0.2, 0.25) is 0 Å². The van der Waals surface area contributed by atoms with Gasteiger partial charge in [-0.2, -0.15) is 0 Å². The van der Waals surface area contributed by atoms with Gasteiger partial charge in [-0.25, -0.2) is 0 Å². The van der Waals surface area contributed by atoms with Gasteiger partial charge in [0.05, 0.1) is 0 Å². The van der Waals surface area contributed by atoms with E-state index < -0.39 is 0 Å². The second kappa shape index (κ2) is 9.99.